The van der Waals surface area contributed by atoms with Crippen LogP contribution in [0.15, 0.2) is 0 Å². The second-order valence-electron chi connectivity index (χ2n) is 7.31. The lowest BCUT2D eigenvalue weighted by molar-refractivity contribution is 0.000869. The minimum absolute atomic E-state index is 0.274. The van der Waals surface area contributed by atoms with Gasteiger partial charge in [0, 0.05) is 24.7 Å². The maximum absolute atomic E-state index is 6.31. The Morgan fingerprint density at radius 1 is 1.15 bits per heavy atom. The average molecular weight is 281 g/mol. The first-order valence-corrected chi connectivity index (χ1v) is 8.80. The third kappa shape index (κ3) is 3.55. The molecule has 3 nitrogen and oxygen atoms in total. The lowest BCUT2D eigenvalue weighted by Crippen LogP contribution is -2.60. The molecule has 2 aliphatic heterocycles. The predicted octanol–water partition coefficient (Wildman–Crippen LogP) is 2.70. The van der Waals surface area contributed by atoms with Crippen LogP contribution in [-0.4, -0.2) is 54.1 Å². The molecule has 0 amide bonds. The highest BCUT2D eigenvalue weighted by Gasteiger charge is 2.41. The normalized spacial score (nSPS) is 37.8. The predicted molar refractivity (Wildman–Crippen MR) is 86.9 cm³/mol. The Balaban J connectivity index is 2.07. The van der Waals surface area contributed by atoms with Gasteiger partial charge in [-0.1, -0.05) is 13.8 Å². The molecule has 3 unspecified atom stereocenters. The van der Waals surface area contributed by atoms with Crippen molar-refractivity contribution in [2.45, 2.75) is 70.9 Å². The fourth-order valence-electron chi connectivity index (χ4n) is 4.33. The van der Waals surface area contributed by atoms with Crippen LogP contribution >= 0.6 is 0 Å². The van der Waals surface area contributed by atoms with E-state index in [2.05, 4.69) is 30.6 Å². The molecule has 3 heteroatoms. The summed E-state index contributed by atoms with van der Waals surface area (Å²) < 4.78 is 0. The Labute approximate surface area is 125 Å². The first-order valence-electron chi connectivity index (χ1n) is 8.80. The molecule has 0 saturated carbocycles. The highest BCUT2D eigenvalue weighted by molar-refractivity contribution is 4.98. The zero-order valence-corrected chi connectivity index (χ0v) is 13.9. The number of rotatable bonds is 4. The van der Waals surface area contributed by atoms with Crippen molar-refractivity contribution in [3.05, 3.63) is 0 Å². The van der Waals surface area contributed by atoms with Crippen LogP contribution in [-0.2, 0) is 0 Å². The van der Waals surface area contributed by atoms with Gasteiger partial charge in [0.15, 0.2) is 0 Å². The van der Waals surface area contributed by atoms with E-state index in [4.69, 9.17) is 5.73 Å². The van der Waals surface area contributed by atoms with E-state index in [-0.39, 0.29) is 5.54 Å². The quantitative estimate of drug-likeness (QED) is 0.860. The number of piperidine rings is 1. The van der Waals surface area contributed by atoms with Gasteiger partial charge in [0.2, 0.25) is 0 Å². The fraction of sp³-hybridized carbons (Fsp3) is 1.00. The summed E-state index contributed by atoms with van der Waals surface area (Å²) >= 11 is 0. The van der Waals surface area contributed by atoms with Crippen LogP contribution in [0.25, 0.3) is 0 Å². The summed E-state index contributed by atoms with van der Waals surface area (Å²) in [6.45, 7) is 13.0. The molecule has 2 N–H and O–H groups in total. The van der Waals surface area contributed by atoms with E-state index in [0.717, 1.165) is 12.5 Å². The molecule has 0 bridgehead atoms. The summed E-state index contributed by atoms with van der Waals surface area (Å²) in [5, 5.41) is 0. The summed E-state index contributed by atoms with van der Waals surface area (Å²) in [6.07, 6.45) is 7.88. The Kier molecular flexibility index (Phi) is 5.88. The van der Waals surface area contributed by atoms with Gasteiger partial charge in [-0.25, -0.2) is 0 Å². The summed E-state index contributed by atoms with van der Waals surface area (Å²) in [6, 6.07) is 0.715. The standard InChI is InChI=1S/C17H35N3/c1-4-10-19-11-5-8-17(14-18,9-12-19)20-13-15(2)6-7-16(20)3/h15-16H,4-14,18H2,1-3H3. The molecule has 2 fully saturated rings. The Bertz CT molecular complexity index is 294. The smallest absolute Gasteiger partial charge is 0.0347 e. The molecular weight excluding hydrogens is 246 g/mol. The molecule has 0 radical (unpaired) electrons. The maximum Gasteiger partial charge on any atom is 0.0347 e. The molecule has 2 heterocycles. The van der Waals surface area contributed by atoms with Crippen molar-refractivity contribution in [1.82, 2.24) is 9.80 Å². The van der Waals surface area contributed by atoms with Crippen molar-refractivity contribution >= 4 is 0 Å². The van der Waals surface area contributed by atoms with Gasteiger partial charge in [-0.2, -0.15) is 0 Å². The fourth-order valence-corrected chi connectivity index (χ4v) is 4.33. The Morgan fingerprint density at radius 3 is 2.65 bits per heavy atom. The molecular formula is C17H35N3. The number of hydrogen-bond acceptors (Lipinski definition) is 3. The van der Waals surface area contributed by atoms with Crippen LogP contribution in [0.5, 0.6) is 0 Å². The zero-order valence-electron chi connectivity index (χ0n) is 13.9. The van der Waals surface area contributed by atoms with E-state index in [1.54, 1.807) is 0 Å². The van der Waals surface area contributed by atoms with Crippen molar-refractivity contribution in [2.75, 3.05) is 32.7 Å². The third-order valence-electron chi connectivity index (χ3n) is 5.66. The molecule has 0 aromatic rings. The van der Waals surface area contributed by atoms with Crippen molar-refractivity contribution in [3.8, 4) is 0 Å². The van der Waals surface area contributed by atoms with Crippen LogP contribution in [0.2, 0.25) is 0 Å². The lowest BCUT2D eigenvalue weighted by atomic mass is 9.82. The molecule has 2 saturated heterocycles. The first-order chi connectivity index (χ1) is 9.61. The summed E-state index contributed by atoms with van der Waals surface area (Å²) in [7, 11) is 0. The van der Waals surface area contributed by atoms with E-state index in [1.165, 1.54) is 64.7 Å². The van der Waals surface area contributed by atoms with Gasteiger partial charge in [-0.15, -0.1) is 0 Å². The minimum atomic E-state index is 0.274. The van der Waals surface area contributed by atoms with E-state index in [1.807, 2.05) is 0 Å². The first kappa shape index (κ1) is 16.3. The number of likely N-dealkylation sites (tertiary alicyclic amines) is 2. The summed E-state index contributed by atoms with van der Waals surface area (Å²) in [5.41, 5.74) is 6.58. The van der Waals surface area contributed by atoms with E-state index >= 15 is 0 Å². The number of nitrogens with zero attached hydrogens (tertiary/aromatic N) is 2. The maximum atomic E-state index is 6.31. The number of hydrogen-bond donors (Lipinski definition) is 1. The average Bonchev–Trinajstić information content (AvgIpc) is 2.65. The Hall–Kier alpha value is -0.120. The van der Waals surface area contributed by atoms with Crippen LogP contribution in [0.3, 0.4) is 0 Å². The van der Waals surface area contributed by atoms with Gasteiger partial charge in [-0.3, -0.25) is 4.90 Å². The van der Waals surface area contributed by atoms with Gasteiger partial charge in [-0.05, 0) is 71.0 Å². The topological polar surface area (TPSA) is 32.5 Å². The van der Waals surface area contributed by atoms with E-state index in [0.29, 0.717) is 6.04 Å². The Morgan fingerprint density at radius 2 is 1.95 bits per heavy atom. The van der Waals surface area contributed by atoms with Crippen molar-refractivity contribution in [2.24, 2.45) is 11.7 Å². The zero-order chi connectivity index (χ0) is 14.6. The number of nitrogens with two attached hydrogens (primary N) is 1. The van der Waals surface area contributed by atoms with E-state index < -0.39 is 0 Å². The van der Waals surface area contributed by atoms with Gasteiger partial charge in [0.1, 0.15) is 0 Å². The van der Waals surface area contributed by atoms with Gasteiger partial charge < -0.3 is 10.6 Å². The van der Waals surface area contributed by atoms with Gasteiger partial charge in [0.25, 0.3) is 0 Å². The lowest BCUT2D eigenvalue weighted by Gasteiger charge is -2.50. The highest BCUT2D eigenvalue weighted by atomic mass is 15.3. The van der Waals surface area contributed by atoms with Gasteiger partial charge >= 0.3 is 0 Å². The van der Waals surface area contributed by atoms with Crippen molar-refractivity contribution in [3.63, 3.8) is 0 Å². The van der Waals surface area contributed by atoms with Crippen LogP contribution < -0.4 is 5.73 Å². The summed E-state index contributed by atoms with van der Waals surface area (Å²) in [5.74, 6) is 0.838. The molecule has 0 spiro atoms. The van der Waals surface area contributed by atoms with Crippen LogP contribution in [0, 0.1) is 5.92 Å². The molecule has 2 aliphatic rings. The largest absolute Gasteiger partial charge is 0.329 e. The highest BCUT2D eigenvalue weighted by Crippen LogP contribution is 2.35. The second-order valence-corrected chi connectivity index (χ2v) is 7.31. The second kappa shape index (κ2) is 7.24. The van der Waals surface area contributed by atoms with Crippen LogP contribution in [0.4, 0.5) is 0 Å². The van der Waals surface area contributed by atoms with Crippen molar-refractivity contribution < 1.29 is 0 Å². The monoisotopic (exact) mass is 281 g/mol. The SMILES string of the molecule is CCCN1CCCC(CN)(N2CC(C)CCC2C)CC1. The third-order valence-corrected chi connectivity index (χ3v) is 5.66. The molecule has 2 rings (SSSR count). The molecule has 3 atom stereocenters. The molecule has 20 heavy (non-hydrogen) atoms. The molecule has 0 aromatic heterocycles. The van der Waals surface area contributed by atoms with Crippen molar-refractivity contribution in [1.29, 1.82) is 0 Å². The van der Waals surface area contributed by atoms with Crippen LogP contribution in [0.1, 0.15) is 59.3 Å². The summed E-state index contributed by atoms with van der Waals surface area (Å²) in [4.78, 5) is 5.44. The van der Waals surface area contributed by atoms with E-state index in [9.17, 15) is 0 Å². The molecule has 118 valence electrons. The minimum Gasteiger partial charge on any atom is -0.329 e. The molecule has 0 aromatic carbocycles. The molecule has 0 aliphatic carbocycles. The van der Waals surface area contributed by atoms with Gasteiger partial charge in [0.05, 0.1) is 0 Å².